The lowest BCUT2D eigenvalue weighted by molar-refractivity contribution is -0.385. The van der Waals surface area contributed by atoms with Crippen molar-refractivity contribution in [2.24, 2.45) is 0 Å². The first-order valence-electron chi connectivity index (χ1n) is 7.11. The Labute approximate surface area is 132 Å². The monoisotopic (exact) mass is 354 g/mol. The summed E-state index contributed by atoms with van der Waals surface area (Å²) < 4.78 is 0. The average Bonchev–Trinajstić information content (AvgIpc) is 2.47. The summed E-state index contributed by atoms with van der Waals surface area (Å²) in [4.78, 5) is 22.8. The number of nitrogens with one attached hydrogen (secondary N) is 1. The lowest BCUT2D eigenvalue weighted by Crippen LogP contribution is -2.51. The van der Waals surface area contributed by atoms with Gasteiger partial charge in [0.1, 0.15) is 0 Å². The van der Waals surface area contributed by atoms with Crippen molar-refractivity contribution in [3.63, 3.8) is 0 Å². The SMILES string of the molecule is Cc1cc(C(=O)NC2(CBr)CCCCC2)ccc1[N+](=O)[O-]. The maximum absolute atomic E-state index is 12.4. The average molecular weight is 355 g/mol. The van der Waals surface area contributed by atoms with E-state index in [1.165, 1.54) is 18.6 Å². The van der Waals surface area contributed by atoms with E-state index in [1.54, 1.807) is 13.0 Å². The summed E-state index contributed by atoms with van der Waals surface area (Å²) in [6, 6.07) is 4.50. The Kier molecular flexibility index (Phi) is 4.98. The van der Waals surface area contributed by atoms with Gasteiger partial charge < -0.3 is 5.32 Å². The smallest absolute Gasteiger partial charge is 0.272 e. The van der Waals surface area contributed by atoms with Crippen LogP contribution in [0.5, 0.6) is 0 Å². The van der Waals surface area contributed by atoms with Crippen molar-refractivity contribution in [3.05, 3.63) is 39.4 Å². The molecule has 0 spiro atoms. The third-order valence-electron chi connectivity index (χ3n) is 4.10. The second-order valence-corrected chi connectivity index (χ2v) is 6.25. The van der Waals surface area contributed by atoms with E-state index in [1.807, 2.05) is 0 Å². The van der Waals surface area contributed by atoms with E-state index in [9.17, 15) is 14.9 Å². The van der Waals surface area contributed by atoms with Crippen LogP contribution >= 0.6 is 15.9 Å². The number of hydrogen-bond donors (Lipinski definition) is 1. The standard InChI is InChI=1S/C15H19BrN2O3/c1-11-9-12(5-6-13(11)18(20)21)14(19)17-15(10-16)7-3-2-4-8-15/h5-6,9H,2-4,7-8,10H2,1H3,(H,17,19). The fraction of sp³-hybridized carbons (Fsp3) is 0.533. The molecule has 0 bridgehead atoms. The van der Waals surface area contributed by atoms with Crippen molar-refractivity contribution in [3.8, 4) is 0 Å². The van der Waals surface area contributed by atoms with Crippen LogP contribution < -0.4 is 5.32 Å². The normalized spacial score (nSPS) is 17.2. The van der Waals surface area contributed by atoms with Crippen LogP contribution in [-0.2, 0) is 0 Å². The predicted octanol–water partition coefficient (Wildman–Crippen LogP) is 3.73. The molecule has 2 rings (SSSR count). The molecule has 6 heteroatoms. The second-order valence-electron chi connectivity index (χ2n) is 5.69. The van der Waals surface area contributed by atoms with Gasteiger partial charge in [-0.15, -0.1) is 0 Å². The minimum absolute atomic E-state index is 0.0411. The van der Waals surface area contributed by atoms with Gasteiger partial charge in [-0.05, 0) is 31.9 Å². The minimum atomic E-state index is -0.432. The number of carbonyl (C=O) groups is 1. The van der Waals surface area contributed by atoms with Crippen molar-refractivity contribution >= 4 is 27.5 Å². The number of nitro benzene ring substituents is 1. The number of hydrogen-bond acceptors (Lipinski definition) is 3. The topological polar surface area (TPSA) is 72.2 Å². The molecule has 1 aromatic rings. The van der Waals surface area contributed by atoms with Crippen molar-refractivity contribution < 1.29 is 9.72 Å². The third-order valence-corrected chi connectivity index (χ3v) is 5.17. The first kappa shape index (κ1) is 15.9. The van der Waals surface area contributed by atoms with Crippen LogP contribution in [0.3, 0.4) is 0 Å². The Morgan fingerprint density at radius 1 is 1.38 bits per heavy atom. The molecule has 1 aromatic carbocycles. The first-order valence-corrected chi connectivity index (χ1v) is 8.23. The molecule has 0 unspecified atom stereocenters. The van der Waals surface area contributed by atoms with Crippen LogP contribution in [0.15, 0.2) is 18.2 Å². The van der Waals surface area contributed by atoms with Gasteiger partial charge in [-0.25, -0.2) is 0 Å². The lowest BCUT2D eigenvalue weighted by atomic mass is 9.83. The molecule has 0 radical (unpaired) electrons. The van der Waals surface area contributed by atoms with Crippen LogP contribution in [0, 0.1) is 17.0 Å². The van der Waals surface area contributed by atoms with Gasteiger partial charge in [-0.1, -0.05) is 35.2 Å². The molecule has 1 N–H and O–H groups in total. The number of benzene rings is 1. The number of rotatable bonds is 4. The molecule has 21 heavy (non-hydrogen) atoms. The maximum Gasteiger partial charge on any atom is 0.272 e. The van der Waals surface area contributed by atoms with E-state index in [2.05, 4.69) is 21.2 Å². The van der Waals surface area contributed by atoms with Crippen LogP contribution in [0.1, 0.15) is 48.0 Å². The van der Waals surface area contributed by atoms with Crippen LogP contribution in [-0.4, -0.2) is 21.7 Å². The highest BCUT2D eigenvalue weighted by Crippen LogP contribution is 2.30. The van der Waals surface area contributed by atoms with Crippen LogP contribution in [0.4, 0.5) is 5.69 Å². The molecule has 5 nitrogen and oxygen atoms in total. The molecule has 0 heterocycles. The molecule has 1 aliphatic rings. The van der Waals surface area contributed by atoms with Crippen molar-refractivity contribution in [2.45, 2.75) is 44.6 Å². The Balaban J connectivity index is 2.16. The Hall–Kier alpha value is -1.43. The van der Waals surface area contributed by atoms with Gasteiger partial charge in [0.05, 0.1) is 10.5 Å². The molecule has 1 saturated carbocycles. The van der Waals surface area contributed by atoms with Crippen LogP contribution in [0.2, 0.25) is 0 Å². The van der Waals surface area contributed by atoms with Gasteiger partial charge >= 0.3 is 0 Å². The van der Waals surface area contributed by atoms with Gasteiger partial charge in [-0.2, -0.15) is 0 Å². The number of aryl methyl sites for hydroxylation is 1. The summed E-state index contributed by atoms with van der Waals surface area (Å²) in [7, 11) is 0. The van der Waals surface area contributed by atoms with E-state index in [0.29, 0.717) is 11.1 Å². The van der Waals surface area contributed by atoms with E-state index >= 15 is 0 Å². The Bertz CT molecular complexity index is 554. The number of amides is 1. The predicted molar refractivity (Wildman–Crippen MR) is 84.9 cm³/mol. The minimum Gasteiger partial charge on any atom is -0.346 e. The summed E-state index contributed by atoms with van der Waals surface area (Å²) in [5.74, 6) is -0.158. The van der Waals surface area contributed by atoms with Gasteiger partial charge in [0, 0.05) is 22.5 Å². The highest BCUT2D eigenvalue weighted by atomic mass is 79.9. The molecule has 0 aliphatic heterocycles. The molecule has 0 atom stereocenters. The zero-order valence-electron chi connectivity index (χ0n) is 12.0. The van der Waals surface area contributed by atoms with Crippen LogP contribution in [0.25, 0.3) is 0 Å². The molecule has 0 saturated heterocycles. The summed E-state index contributed by atoms with van der Waals surface area (Å²) in [5, 5.41) is 14.7. The highest BCUT2D eigenvalue weighted by Gasteiger charge is 2.32. The summed E-state index contributed by atoms with van der Waals surface area (Å²) in [6.07, 6.45) is 5.38. The zero-order valence-corrected chi connectivity index (χ0v) is 13.6. The number of halogens is 1. The molecule has 114 valence electrons. The van der Waals surface area contributed by atoms with Gasteiger partial charge in [0.25, 0.3) is 11.6 Å². The van der Waals surface area contributed by atoms with E-state index in [0.717, 1.165) is 31.0 Å². The highest BCUT2D eigenvalue weighted by molar-refractivity contribution is 9.09. The number of alkyl halides is 1. The zero-order chi connectivity index (χ0) is 15.5. The first-order chi connectivity index (χ1) is 9.97. The maximum atomic E-state index is 12.4. The molecular formula is C15H19BrN2O3. The lowest BCUT2D eigenvalue weighted by Gasteiger charge is -2.36. The summed E-state index contributed by atoms with van der Waals surface area (Å²) in [5.41, 5.74) is 0.831. The second kappa shape index (κ2) is 6.56. The summed E-state index contributed by atoms with van der Waals surface area (Å²) >= 11 is 3.51. The van der Waals surface area contributed by atoms with Gasteiger partial charge in [0.2, 0.25) is 0 Å². The molecule has 0 aromatic heterocycles. The largest absolute Gasteiger partial charge is 0.346 e. The molecule has 1 amide bonds. The third kappa shape index (κ3) is 3.61. The molecular weight excluding hydrogens is 336 g/mol. The van der Waals surface area contributed by atoms with Crippen molar-refractivity contribution in [1.82, 2.24) is 5.32 Å². The van der Waals surface area contributed by atoms with E-state index in [-0.39, 0.29) is 17.1 Å². The Morgan fingerprint density at radius 3 is 2.57 bits per heavy atom. The van der Waals surface area contributed by atoms with E-state index < -0.39 is 4.92 Å². The van der Waals surface area contributed by atoms with Gasteiger partial charge in [0.15, 0.2) is 0 Å². The Morgan fingerprint density at radius 2 is 2.05 bits per heavy atom. The van der Waals surface area contributed by atoms with Crippen molar-refractivity contribution in [1.29, 1.82) is 0 Å². The van der Waals surface area contributed by atoms with E-state index in [4.69, 9.17) is 0 Å². The molecule has 1 aliphatic carbocycles. The number of nitrogens with zero attached hydrogens (tertiary/aromatic N) is 1. The summed E-state index contributed by atoms with van der Waals surface area (Å²) in [6.45, 7) is 1.65. The number of nitro groups is 1. The van der Waals surface area contributed by atoms with Gasteiger partial charge in [-0.3, -0.25) is 14.9 Å². The number of carbonyl (C=O) groups excluding carboxylic acids is 1. The molecule has 1 fully saturated rings. The van der Waals surface area contributed by atoms with Crippen molar-refractivity contribution in [2.75, 3.05) is 5.33 Å². The fourth-order valence-electron chi connectivity index (χ4n) is 2.84. The fourth-order valence-corrected chi connectivity index (χ4v) is 3.54. The quantitative estimate of drug-likeness (QED) is 0.508.